The largest absolute Gasteiger partial charge is 0.475 e. The van der Waals surface area contributed by atoms with Gasteiger partial charge in [0, 0.05) is 13.1 Å². The number of nitrogens with zero attached hydrogens (tertiary/aromatic N) is 3. The number of nitrogens with two attached hydrogens (primary N) is 1. The third-order valence-corrected chi connectivity index (χ3v) is 4.12. The Morgan fingerprint density at radius 1 is 1.20 bits per heavy atom. The summed E-state index contributed by atoms with van der Waals surface area (Å²) < 4.78 is 10.9. The number of nitrogens with one attached hydrogen (secondary N) is 2. The Balaban J connectivity index is 1.84. The van der Waals surface area contributed by atoms with Gasteiger partial charge in [-0.3, -0.25) is 14.6 Å². The first-order valence-corrected chi connectivity index (χ1v) is 9.23. The third-order valence-electron chi connectivity index (χ3n) is 4.12. The molecule has 0 saturated heterocycles. The highest BCUT2D eigenvalue weighted by Crippen LogP contribution is 2.26. The second-order valence-electron chi connectivity index (χ2n) is 6.37. The molecule has 3 aromatic rings. The fourth-order valence-electron chi connectivity index (χ4n) is 2.62. The van der Waals surface area contributed by atoms with Gasteiger partial charge in [0.05, 0.1) is 25.0 Å². The van der Waals surface area contributed by atoms with Crippen molar-refractivity contribution >= 4 is 17.6 Å². The zero-order chi connectivity index (χ0) is 21.5. The molecule has 0 aliphatic heterocycles. The predicted molar refractivity (Wildman–Crippen MR) is 108 cm³/mol. The summed E-state index contributed by atoms with van der Waals surface area (Å²) in [5.41, 5.74) is 7.74. The second-order valence-corrected chi connectivity index (χ2v) is 6.37. The molecule has 30 heavy (non-hydrogen) atoms. The van der Waals surface area contributed by atoms with E-state index in [9.17, 15) is 9.59 Å². The Morgan fingerprint density at radius 2 is 2.03 bits per heavy atom. The SMILES string of the molecule is CC(=O)NCCOc1nc(-c2ccco2)nc(N)c1C(=O)NCc1ncccc1C. The maximum Gasteiger partial charge on any atom is 0.260 e. The minimum Gasteiger partial charge on any atom is -0.475 e. The lowest BCUT2D eigenvalue weighted by atomic mass is 10.2. The number of amides is 2. The van der Waals surface area contributed by atoms with Gasteiger partial charge >= 0.3 is 0 Å². The summed E-state index contributed by atoms with van der Waals surface area (Å²) in [7, 11) is 0. The first-order chi connectivity index (χ1) is 14.5. The molecule has 10 heteroatoms. The monoisotopic (exact) mass is 410 g/mol. The van der Waals surface area contributed by atoms with Crippen LogP contribution in [0.25, 0.3) is 11.6 Å². The Bertz CT molecular complexity index is 1040. The summed E-state index contributed by atoms with van der Waals surface area (Å²) in [5, 5.41) is 5.37. The van der Waals surface area contributed by atoms with E-state index >= 15 is 0 Å². The molecule has 0 bridgehead atoms. The van der Waals surface area contributed by atoms with Crippen molar-refractivity contribution in [2.45, 2.75) is 20.4 Å². The number of carbonyl (C=O) groups is 2. The number of pyridine rings is 1. The minimum atomic E-state index is -0.502. The van der Waals surface area contributed by atoms with Crippen LogP contribution in [-0.2, 0) is 11.3 Å². The van der Waals surface area contributed by atoms with Crippen molar-refractivity contribution in [3.63, 3.8) is 0 Å². The minimum absolute atomic E-state index is 0.00159. The van der Waals surface area contributed by atoms with Gasteiger partial charge < -0.3 is 25.5 Å². The van der Waals surface area contributed by atoms with Crippen molar-refractivity contribution in [2.75, 3.05) is 18.9 Å². The van der Waals surface area contributed by atoms with Crippen LogP contribution in [0.1, 0.15) is 28.5 Å². The molecular weight excluding hydrogens is 388 g/mol. The molecular formula is C20H22N6O4. The lowest BCUT2D eigenvalue weighted by Crippen LogP contribution is -2.28. The van der Waals surface area contributed by atoms with Gasteiger partial charge in [-0.05, 0) is 30.7 Å². The van der Waals surface area contributed by atoms with Crippen LogP contribution < -0.4 is 21.1 Å². The topological polar surface area (TPSA) is 145 Å². The van der Waals surface area contributed by atoms with Crippen molar-refractivity contribution in [3.05, 3.63) is 53.5 Å². The molecule has 156 valence electrons. The average molecular weight is 410 g/mol. The number of rotatable bonds is 8. The van der Waals surface area contributed by atoms with Crippen LogP contribution in [0, 0.1) is 6.92 Å². The van der Waals surface area contributed by atoms with Crippen molar-refractivity contribution in [1.82, 2.24) is 25.6 Å². The van der Waals surface area contributed by atoms with Crippen LogP contribution in [0.15, 0.2) is 41.1 Å². The van der Waals surface area contributed by atoms with Gasteiger partial charge in [-0.25, -0.2) is 4.98 Å². The summed E-state index contributed by atoms with van der Waals surface area (Å²) >= 11 is 0. The summed E-state index contributed by atoms with van der Waals surface area (Å²) in [6.45, 7) is 3.84. The molecule has 0 aliphatic carbocycles. The highest BCUT2D eigenvalue weighted by atomic mass is 16.5. The number of carbonyl (C=O) groups excluding carboxylic acids is 2. The molecule has 4 N–H and O–H groups in total. The lowest BCUT2D eigenvalue weighted by molar-refractivity contribution is -0.119. The van der Waals surface area contributed by atoms with E-state index in [-0.39, 0.29) is 48.7 Å². The van der Waals surface area contributed by atoms with E-state index in [2.05, 4.69) is 25.6 Å². The number of ether oxygens (including phenoxy) is 1. The molecule has 3 rings (SSSR count). The summed E-state index contributed by atoms with van der Waals surface area (Å²) in [6, 6.07) is 7.07. The molecule has 0 spiro atoms. The fourth-order valence-corrected chi connectivity index (χ4v) is 2.62. The van der Waals surface area contributed by atoms with Crippen molar-refractivity contribution in [3.8, 4) is 17.5 Å². The normalized spacial score (nSPS) is 10.5. The quantitative estimate of drug-likeness (QED) is 0.473. The summed E-state index contributed by atoms with van der Waals surface area (Å²) in [6.07, 6.45) is 3.13. The van der Waals surface area contributed by atoms with E-state index in [1.807, 2.05) is 19.1 Å². The molecule has 0 atom stereocenters. The van der Waals surface area contributed by atoms with E-state index in [1.165, 1.54) is 13.2 Å². The Hall–Kier alpha value is -3.95. The van der Waals surface area contributed by atoms with Crippen molar-refractivity contribution in [2.24, 2.45) is 0 Å². The lowest BCUT2D eigenvalue weighted by Gasteiger charge is -2.14. The first kappa shape index (κ1) is 20.8. The van der Waals surface area contributed by atoms with Crippen LogP contribution in [0.4, 0.5) is 5.82 Å². The van der Waals surface area contributed by atoms with E-state index in [0.717, 1.165) is 11.3 Å². The zero-order valence-electron chi connectivity index (χ0n) is 16.6. The van der Waals surface area contributed by atoms with E-state index < -0.39 is 5.91 Å². The Morgan fingerprint density at radius 3 is 2.73 bits per heavy atom. The van der Waals surface area contributed by atoms with Crippen LogP contribution >= 0.6 is 0 Å². The molecule has 3 aromatic heterocycles. The first-order valence-electron chi connectivity index (χ1n) is 9.23. The van der Waals surface area contributed by atoms with Gasteiger partial charge in [0.25, 0.3) is 5.91 Å². The highest BCUT2D eigenvalue weighted by molar-refractivity contribution is 6.00. The van der Waals surface area contributed by atoms with Crippen molar-refractivity contribution < 1.29 is 18.7 Å². The number of aryl methyl sites for hydroxylation is 1. The number of anilines is 1. The summed E-state index contributed by atoms with van der Waals surface area (Å²) in [4.78, 5) is 36.6. The molecule has 2 amide bonds. The highest BCUT2D eigenvalue weighted by Gasteiger charge is 2.22. The molecule has 0 aliphatic rings. The molecule has 0 unspecified atom stereocenters. The molecule has 0 radical (unpaired) electrons. The van der Waals surface area contributed by atoms with E-state index in [4.69, 9.17) is 14.9 Å². The average Bonchev–Trinajstić information content (AvgIpc) is 3.25. The number of hydrogen-bond donors (Lipinski definition) is 3. The number of aromatic nitrogens is 3. The van der Waals surface area contributed by atoms with Crippen molar-refractivity contribution in [1.29, 1.82) is 0 Å². The Kier molecular flexibility index (Phi) is 6.58. The van der Waals surface area contributed by atoms with Gasteiger partial charge in [0.2, 0.25) is 17.6 Å². The molecule has 0 fully saturated rings. The molecule has 3 heterocycles. The Labute approximate surface area is 172 Å². The third kappa shape index (κ3) is 5.10. The van der Waals surface area contributed by atoms with Crippen LogP contribution in [0.2, 0.25) is 0 Å². The fraction of sp³-hybridized carbons (Fsp3) is 0.250. The van der Waals surface area contributed by atoms with Crippen LogP contribution in [0.5, 0.6) is 5.88 Å². The second kappa shape index (κ2) is 9.50. The van der Waals surface area contributed by atoms with Gasteiger partial charge in [-0.1, -0.05) is 6.07 Å². The summed E-state index contributed by atoms with van der Waals surface area (Å²) in [5.74, 6) is -0.192. The molecule has 0 saturated carbocycles. The van der Waals surface area contributed by atoms with Gasteiger partial charge in [0.1, 0.15) is 18.0 Å². The number of nitrogen functional groups attached to an aromatic ring is 1. The van der Waals surface area contributed by atoms with Gasteiger partial charge in [-0.2, -0.15) is 4.98 Å². The maximum absolute atomic E-state index is 12.8. The number of hydrogen-bond acceptors (Lipinski definition) is 8. The van der Waals surface area contributed by atoms with Crippen LogP contribution in [-0.4, -0.2) is 39.9 Å². The smallest absolute Gasteiger partial charge is 0.260 e. The molecule has 0 aromatic carbocycles. The predicted octanol–water partition coefficient (Wildman–Crippen LogP) is 1.47. The van der Waals surface area contributed by atoms with E-state index in [0.29, 0.717) is 5.76 Å². The van der Waals surface area contributed by atoms with Gasteiger partial charge in [-0.15, -0.1) is 0 Å². The maximum atomic E-state index is 12.8. The zero-order valence-corrected chi connectivity index (χ0v) is 16.6. The number of furan rings is 1. The standard InChI is InChI=1S/C20H22N6O4/c1-12-5-3-7-23-14(12)11-24-19(28)16-17(21)25-18(15-6-4-9-29-15)26-20(16)30-10-8-22-13(2)27/h3-7,9H,8,10-11H2,1-2H3,(H,22,27)(H,24,28)(H2,21,25,26). The van der Waals surface area contributed by atoms with Crippen LogP contribution in [0.3, 0.4) is 0 Å². The van der Waals surface area contributed by atoms with E-state index in [1.54, 1.807) is 18.3 Å². The molecule has 10 nitrogen and oxygen atoms in total. The van der Waals surface area contributed by atoms with Gasteiger partial charge in [0.15, 0.2) is 5.76 Å².